The van der Waals surface area contributed by atoms with Crippen molar-refractivity contribution in [3.05, 3.63) is 0 Å². The van der Waals surface area contributed by atoms with Crippen molar-refractivity contribution in [2.75, 3.05) is 0 Å². The van der Waals surface area contributed by atoms with Gasteiger partial charge >= 0.3 is 11.9 Å². The Morgan fingerprint density at radius 3 is 2.24 bits per heavy atom. The Morgan fingerprint density at radius 1 is 1.29 bits per heavy atom. The van der Waals surface area contributed by atoms with E-state index in [2.05, 4.69) is 0 Å². The van der Waals surface area contributed by atoms with Crippen LogP contribution in [0.2, 0.25) is 0 Å². The number of carboxylic acids is 1. The molecule has 0 bridgehead atoms. The summed E-state index contributed by atoms with van der Waals surface area (Å²) in [6.45, 7) is 5.36. The lowest BCUT2D eigenvalue weighted by molar-refractivity contribution is -0.161. The van der Waals surface area contributed by atoms with Crippen LogP contribution in [-0.4, -0.2) is 22.6 Å². The number of aliphatic carboxylic acids is 1. The maximum Gasteiger partial charge on any atom is 0.307 e. The molecule has 1 saturated carbocycles. The topological polar surface area (TPSA) is 63.6 Å². The maximum absolute atomic E-state index is 11.6. The first kappa shape index (κ1) is 14.0. The molecule has 0 unspecified atom stereocenters. The van der Waals surface area contributed by atoms with Crippen molar-refractivity contribution in [3.8, 4) is 0 Å². The zero-order valence-corrected chi connectivity index (χ0v) is 10.9. The Hall–Kier alpha value is -1.06. The van der Waals surface area contributed by atoms with E-state index in [4.69, 9.17) is 4.74 Å². The standard InChI is InChI=1S/C13H22O4/c1-13(2,3)17-11(14)8-10(12(15)16)9-6-4-5-7-9/h9-10H,4-8H2,1-3H3,(H,15,16)/t10-/m0/s1. The van der Waals surface area contributed by atoms with Crippen LogP contribution < -0.4 is 0 Å². The molecule has 0 saturated heterocycles. The van der Waals surface area contributed by atoms with Crippen molar-refractivity contribution in [2.24, 2.45) is 11.8 Å². The van der Waals surface area contributed by atoms with E-state index >= 15 is 0 Å². The highest BCUT2D eigenvalue weighted by atomic mass is 16.6. The van der Waals surface area contributed by atoms with Gasteiger partial charge in [-0.05, 0) is 39.5 Å². The average molecular weight is 242 g/mol. The second-order valence-corrected chi connectivity index (χ2v) is 5.78. The van der Waals surface area contributed by atoms with Crippen molar-refractivity contribution in [1.29, 1.82) is 0 Å². The molecule has 0 amide bonds. The van der Waals surface area contributed by atoms with Gasteiger partial charge in [-0.25, -0.2) is 0 Å². The van der Waals surface area contributed by atoms with E-state index in [9.17, 15) is 14.7 Å². The van der Waals surface area contributed by atoms with Crippen LogP contribution >= 0.6 is 0 Å². The lowest BCUT2D eigenvalue weighted by atomic mass is 9.88. The van der Waals surface area contributed by atoms with Gasteiger partial charge in [-0.1, -0.05) is 12.8 Å². The molecule has 98 valence electrons. The van der Waals surface area contributed by atoms with Crippen molar-refractivity contribution in [3.63, 3.8) is 0 Å². The zero-order chi connectivity index (χ0) is 13.1. The summed E-state index contributed by atoms with van der Waals surface area (Å²) >= 11 is 0. The van der Waals surface area contributed by atoms with Crippen molar-refractivity contribution in [1.82, 2.24) is 0 Å². The molecule has 4 heteroatoms. The summed E-state index contributed by atoms with van der Waals surface area (Å²) in [6, 6.07) is 0. The van der Waals surface area contributed by atoms with Crippen LogP contribution in [0.5, 0.6) is 0 Å². The lowest BCUT2D eigenvalue weighted by Gasteiger charge is -2.23. The quantitative estimate of drug-likeness (QED) is 0.770. The third kappa shape index (κ3) is 4.75. The van der Waals surface area contributed by atoms with E-state index in [-0.39, 0.29) is 12.3 Å². The molecule has 0 spiro atoms. The molecular formula is C13H22O4. The number of carbonyl (C=O) groups excluding carboxylic acids is 1. The van der Waals surface area contributed by atoms with Crippen LogP contribution in [-0.2, 0) is 14.3 Å². The fourth-order valence-electron chi connectivity index (χ4n) is 2.38. The largest absolute Gasteiger partial charge is 0.481 e. The first-order valence-corrected chi connectivity index (χ1v) is 6.24. The summed E-state index contributed by atoms with van der Waals surface area (Å²) in [5, 5.41) is 9.17. The number of rotatable bonds is 4. The highest BCUT2D eigenvalue weighted by Gasteiger charge is 2.33. The Bertz CT molecular complexity index is 284. The summed E-state index contributed by atoms with van der Waals surface area (Å²) in [7, 11) is 0. The maximum atomic E-state index is 11.6. The third-order valence-electron chi connectivity index (χ3n) is 3.09. The fraction of sp³-hybridized carbons (Fsp3) is 0.846. The average Bonchev–Trinajstić information content (AvgIpc) is 2.63. The SMILES string of the molecule is CC(C)(C)OC(=O)C[C@H](C(=O)O)C1CCCC1. The number of ether oxygens (including phenoxy) is 1. The molecule has 1 atom stereocenters. The van der Waals surface area contributed by atoms with Crippen molar-refractivity contribution >= 4 is 11.9 Å². The smallest absolute Gasteiger partial charge is 0.307 e. The molecule has 0 aromatic rings. The number of carboxylic acid groups (broad SMARTS) is 1. The van der Waals surface area contributed by atoms with E-state index in [1.807, 2.05) is 0 Å². The molecule has 0 radical (unpaired) electrons. The Balaban J connectivity index is 2.55. The van der Waals surface area contributed by atoms with E-state index < -0.39 is 23.5 Å². The molecule has 0 heterocycles. The van der Waals surface area contributed by atoms with E-state index in [0.29, 0.717) is 0 Å². The molecule has 1 fully saturated rings. The number of hydrogen-bond acceptors (Lipinski definition) is 3. The van der Waals surface area contributed by atoms with Crippen LogP contribution in [0.3, 0.4) is 0 Å². The molecular weight excluding hydrogens is 220 g/mol. The first-order chi connectivity index (χ1) is 7.79. The van der Waals surface area contributed by atoms with E-state index in [1.54, 1.807) is 20.8 Å². The van der Waals surface area contributed by atoms with Gasteiger partial charge in [-0.2, -0.15) is 0 Å². The highest BCUT2D eigenvalue weighted by Crippen LogP contribution is 2.33. The van der Waals surface area contributed by atoms with Gasteiger partial charge in [0.2, 0.25) is 0 Å². The molecule has 1 aliphatic rings. The van der Waals surface area contributed by atoms with Gasteiger partial charge in [-0.3, -0.25) is 9.59 Å². The minimum atomic E-state index is -0.872. The van der Waals surface area contributed by atoms with Gasteiger partial charge in [0.15, 0.2) is 0 Å². The lowest BCUT2D eigenvalue weighted by Crippen LogP contribution is -2.30. The Kier molecular flexibility index (Phi) is 4.54. The van der Waals surface area contributed by atoms with Gasteiger partial charge in [0.25, 0.3) is 0 Å². The van der Waals surface area contributed by atoms with Crippen LogP contribution in [0.15, 0.2) is 0 Å². The molecule has 0 aromatic heterocycles. The summed E-state index contributed by atoms with van der Waals surface area (Å²) < 4.78 is 5.18. The summed E-state index contributed by atoms with van der Waals surface area (Å²) in [6.07, 6.45) is 3.97. The summed E-state index contributed by atoms with van der Waals surface area (Å²) in [4.78, 5) is 22.8. The molecule has 17 heavy (non-hydrogen) atoms. The van der Waals surface area contributed by atoms with Crippen LogP contribution in [0.1, 0.15) is 52.9 Å². The Labute approximate surface area is 102 Å². The van der Waals surface area contributed by atoms with Gasteiger partial charge in [0.05, 0.1) is 12.3 Å². The molecule has 0 aliphatic heterocycles. The highest BCUT2D eigenvalue weighted by molar-refractivity contribution is 5.79. The van der Waals surface area contributed by atoms with Gasteiger partial charge in [0, 0.05) is 0 Å². The molecule has 1 aliphatic carbocycles. The minimum absolute atomic E-state index is 0.00271. The van der Waals surface area contributed by atoms with Crippen LogP contribution in [0.25, 0.3) is 0 Å². The van der Waals surface area contributed by atoms with Crippen LogP contribution in [0.4, 0.5) is 0 Å². The van der Waals surface area contributed by atoms with Crippen molar-refractivity contribution in [2.45, 2.75) is 58.5 Å². The number of esters is 1. The molecule has 1 rings (SSSR count). The number of hydrogen-bond donors (Lipinski definition) is 1. The fourth-order valence-corrected chi connectivity index (χ4v) is 2.38. The summed E-state index contributed by atoms with van der Waals surface area (Å²) in [5.74, 6) is -1.72. The molecule has 0 aromatic carbocycles. The minimum Gasteiger partial charge on any atom is -0.481 e. The van der Waals surface area contributed by atoms with Gasteiger partial charge in [-0.15, -0.1) is 0 Å². The van der Waals surface area contributed by atoms with Crippen molar-refractivity contribution < 1.29 is 19.4 Å². The number of carbonyl (C=O) groups is 2. The van der Waals surface area contributed by atoms with Gasteiger partial charge in [0.1, 0.15) is 5.60 Å². The predicted octanol–water partition coefficient (Wildman–Crippen LogP) is 2.61. The zero-order valence-electron chi connectivity index (χ0n) is 10.9. The molecule has 4 nitrogen and oxygen atoms in total. The second-order valence-electron chi connectivity index (χ2n) is 5.78. The van der Waals surface area contributed by atoms with E-state index in [1.165, 1.54) is 0 Å². The predicted molar refractivity (Wildman–Crippen MR) is 63.5 cm³/mol. The normalized spacial score (nSPS) is 19.0. The van der Waals surface area contributed by atoms with Crippen LogP contribution in [0, 0.1) is 11.8 Å². The third-order valence-corrected chi connectivity index (χ3v) is 3.09. The first-order valence-electron chi connectivity index (χ1n) is 6.24. The summed E-state index contributed by atoms with van der Waals surface area (Å²) in [5.41, 5.74) is -0.546. The monoisotopic (exact) mass is 242 g/mol. The van der Waals surface area contributed by atoms with Gasteiger partial charge < -0.3 is 9.84 Å². The van der Waals surface area contributed by atoms with E-state index in [0.717, 1.165) is 25.7 Å². The Morgan fingerprint density at radius 2 is 1.82 bits per heavy atom. The molecule has 1 N–H and O–H groups in total. The second kappa shape index (κ2) is 5.52.